The molecule has 2 heterocycles. The van der Waals surface area contributed by atoms with Gasteiger partial charge in [-0.25, -0.2) is 4.98 Å². The Morgan fingerprint density at radius 3 is 2.88 bits per heavy atom. The highest BCUT2D eigenvalue weighted by Crippen LogP contribution is 2.29. The third-order valence-electron chi connectivity index (χ3n) is 3.43. The summed E-state index contributed by atoms with van der Waals surface area (Å²) in [4.78, 5) is 6.93. The summed E-state index contributed by atoms with van der Waals surface area (Å²) in [5.74, 6) is 1.60. The molecule has 0 radical (unpaired) electrons. The molecule has 0 bridgehead atoms. The molecular weight excluding hydrogens is 210 g/mol. The first-order chi connectivity index (χ1) is 8.11. The van der Waals surface area contributed by atoms with E-state index >= 15 is 0 Å². The van der Waals surface area contributed by atoms with Crippen molar-refractivity contribution in [3.8, 4) is 6.07 Å². The van der Waals surface area contributed by atoms with Crippen LogP contribution in [0.2, 0.25) is 0 Å². The van der Waals surface area contributed by atoms with E-state index in [2.05, 4.69) is 29.8 Å². The van der Waals surface area contributed by atoms with E-state index in [1.165, 1.54) is 12.8 Å². The maximum atomic E-state index is 9.01. The van der Waals surface area contributed by atoms with Gasteiger partial charge in [-0.3, -0.25) is 0 Å². The number of rotatable bonds is 2. The van der Waals surface area contributed by atoms with Crippen LogP contribution < -0.4 is 4.90 Å². The second-order valence-electron chi connectivity index (χ2n) is 5.11. The van der Waals surface area contributed by atoms with E-state index in [0.717, 1.165) is 18.1 Å². The Morgan fingerprint density at radius 1 is 1.47 bits per heavy atom. The number of aromatic nitrogens is 1. The van der Waals surface area contributed by atoms with Crippen LogP contribution >= 0.6 is 0 Å². The summed E-state index contributed by atoms with van der Waals surface area (Å²) < 4.78 is 0. The molecule has 1 aliphatic rings. The van der Waals surface area contributed by atoms with Gasteiger partial charge in [0.25, 0.3) is 0 Å². The third-order valence-corrected chi connectivity index (χ3v) is 3.43. The first kappa shape index (κ1) is 11.9. The van der Waals surface area contributed by atoms with Gasteiger partial charge < -0.3 is 4.90 Å². The quantitative estimate of drug-likeness (QED) is 0.783. The van der Waals surface area contributed by atoms with Crippen LogP contribution in [0.1, 0.15) is 37.9 Å². The van der Waals surface area contributed by atoms with Gasteiger partial charge in [0.15, 0.2) is 0 Å². The number of nitrogens with zero attached hydrogens (tertiary/aromatic N) is 3. The van der Waals surface area contributed by atoms with E-state index in [0.29, 0.717) is 17.5 Å². The minimum atomic E-state index is 0.566. The summed E-state index contributed by atoms with van der Waals surface area (Å²) in [6.07, 6.45) is 2.45. The van der Waals surface area contributed by atoms with E-state index < -0.39 is 0 Å². The average Bonchev–Trinajstić information content (AvgIpc) is 2.77. The molecule has 1 unspecified atom stereocenters. The van der Waals surface area contributed by atoms with Gasteiger partial charge in [0.2, 0.25) is 0 Å². The fraction of sp³-hybridized carbons (Fsp3) is 0.571. The maximum Gasteiger partial charge on any atom is 0.130 e. The highest BCUT2D eigenvalue weighted by atomic mass is 15.2. The van der Waals surface area contributed by atoms with Crippen molar-refractivity contribution in [1.29, 1.82) is 5.26 Å². The Bertz CT molecular complexity index is 445. The number of hydrogen-bond acceptors (Lipinski definition) is 3. The van der Waals surface area contributed by atoms with Crippen LogP contribution in [0, 0.1) is 24.2 Å². The molecule has 0 spiro atoms. The molecule has 1 saturated heterocycles. The molecule has 1 atom stereocenters. The average molecular weight is 229 g/mol. The molecular formula is C14H19N3. The van der Waals surface area contributed by atoms with Gasteiger partial charge in [0.1, 0.15) is 5.82 Å². The summed E-state index contributed by atoms with van der Waals surface area (Å²) in [5, 5.41) is 9.01. The summed E-state index contributed by atoms with van der Waals surface area (Å²) in [6, 6.07) is 6.52. The number of pyridine rings is 1. The predicted octanol–water partition coefficient (Wildman–Crippen LogP) is 2.89. The number of aryl methyl sites for hydroxylation is 1. The molecule has 1 fully saturated rings. The minimum absolute atomic E-state index is 0.566. The predicted molar refractivity (Wildman–Crippen MR) is 68.9 cm³/mol. The molecule has 17 heavy (non-hydrogen) atoms. The monoisotopic (exact) mass is 229 g/mol. The molecule has 0 amide bonds. The van der Waals surface area contributed by atoms with Crippen LogP contribution in [0.5, 0.6) is 0 Å². The van der Waals surface area contributed by atoms with Crippen LogP contribution in [-0.4, -0.2) is 17.6 Å². The number of nitriles is 1. The molecule has 90 valence electrons. The summed E-state index contributed by atoms with van der Waals surface area (Å²) >= 11 is 0. The van der Waals surface area contributed by atoms with Crippen molar-refractivity contribution in [1.82, 2.24) is 4.98 Å². The summed E-state index contributed by atoms with van der Waals surface area (Å²) in [7, 11) is 0. The molecule has 1 aliphatic heterocycles. The van der Waals surface area contributed by atoms with Gasteiger partial charge in [-0.2, -0.15) is 5.26 Å². The first-order valence-corrected chi connectivity index (χ1v) is 6.27. The standard InChI is InChI=1S/C14H19N3/c1-10(2)13-5-4-6-17(13)14-8-12(9-15)7-11(3)16-14/h7-8,10,13H,4-6H2,1-3H3. The normalized spacial score (nSPS) is 19.7. The molecule has 1 aromatic rings. The summed E-state index contributed by atoms with van der Waals surface area (Å²) in [5.41, 5.74) is 1.63. The molecule has 3 nitrogen and oxygen atoms in total. The molecule has 1 aromatic heterocycles. The van der Waals surface area contributed by atoms with Gasteiger partial charge in [0, 0.05) is 18.3 Å². The zero-order chi connectivity index (χ0) is 12.4. The zero-order valence-electron chi connectivity index (χ0n) is 10.8. The van der Waals surface area contributed by atoms with Crippen LogP contribution in [-0.2, 0) is 0 Å². The molecule has 3 heteroatoms. The Balaban J connectivity index is 2.33. The van der Waals surface area contributed by atoms with Gasteiger partial charge >= 0.3 is 0 Å². The van der Waals surface area contributed by atoms with Crippen molar-refractivity contribution in [3.63, 3.8) is 0 Å². The highest BCUT2D eigenvalue weighted by Gasteiger charge is 2.28. The van der Waals surface area contributed by atoms with Crippen molar-refractivity contribution < 1.29 is 0 Å². The fourth-order valence-corrected chi connectivity index (χ4v) is 2.63. The lowest BCUT2D eigenvalue weighted by molar-refractivity contribution is 0.489. The topological polar surface area (TPSA) is 39.9 Å². The zero-order valence-corrected chi connectivity index (χ0v) is 10.8. The first-order valence-electron chi connectivity index (χ1n) is 6.27. The second-order valence-corrected chi connectivity index (χ2v) is 5.11. The van der Waals surface area contributed by atoms with E-state index in [4.69, 9.17) is 5.26 Å². The van der Waals surface area contributed by atoms with Crippen LogP contribution in [0.25, 0.3) is 0 Å². The van der Waals surface area contributed by atoms with Gasteiger partial charge in [-0.1, -0.05) is 13.8 Å². The lowest BCUT2D eigenvalue weighted by Crippen LogP contribution is -2.34. The van der Waals surface area contributed by atoms with Crippen LogP contribution in [0.4, 0.5) is 5.82 Å². The van der Waals surface area contributed by atoms with Crippen LogP contribution in [0.15, 0.2) is 12.1 Å². The van der Waals surface area contributed by atoms with Crippen molar-refractivity contribution >= 4 is 5.82 Å². The molecule has 2 rings (SSSR count). The van der Waals surface area contributed by atoms with E-state index in [-0.39, 0.29) is 0 Å². The van der Waals surface area contributed by atoms with Crippen molar-refractivity contribution in [2.45, 2.75) is 39.7 Å². The SMILES string of the molecule is Cc1cc(C#N)cc(N2CCCC2C(C)C)n1. The van der Waals surface area contributed by atoms with Crippen molar-refractivity contribution in [3.05, 3.63) is 23.4 Å². The molecule has 0 saturated carbocycles. The van der Waals surface area contributed by atoms with Gasteiger partial charge in [-0.15, -0.1) is 0 Å². The van der Waals surface area contributed by atoms with E-state index in [1.54, 1.807) is 0 Å². The van der Waals surface area contributed by atoms with Gasteiger partial charge in [-0.05, 0) is 37.8 Å². The molecule has 0 N–H and O–H groups in total. The lowest BCUT2D eigenvalue weighted by Gasteiger charge is -2.29. The Labute approximate surface area is 103 Å². The minimum Gasteiger partial charge on any atom is -0.353 e. The van der Waals surface area contributed by atoms with Crippen LogP contribution in [0.3, 0.4) is 0 Å². The lowest BCUT2D eigenvalue weighted by atomic mass is 10.0. The maximum absolute atomic E-state index is 9.01. The second kappa shape index (κ2) is 4.75. The molecule has 0 aliphatic carbocycles. The highest BCUT2D eigenvalue weighted by molar-refractivity contribution is 5.48. The Kier molecular flexibility index (Phi) is 3.33. The molecule has 0 aromatic carbocycles. The van der Waals surface area contributed by atoms with Gasteiger partial charge in [0.05, 0.1) is 11.6 Å². The Morgan fingerprint density at radius 2 is 2.24 bits per heavy atom. The smallest absolute Gasteiger partial charge is 0.130 e. The Hall–Kier alpha value is -1.56. The number of hydrogen-bond donors (Lipinski definition) is 0. The third kappa shape index (κ3) is 2.41. The van der Waals surface area contributed by atoms with Crippen molar-refractivity contribution in [2.24, 2.45) is 5.92 Å². The largest absolute Gasteiger partial charge is 0.353 e. The van der Waals surface area contributed by atoms with E-state index in [1.807, 2.05) is 19.1 Å². The summed E-state index contributed by atoms with van der Waals surface area (Å²) in [6.45, 7) is 7.52. The van der Waals surface area contributed by atoms with E-state index in [9.17, 15) is 0 Å². The fourth-order valence-electron chi connectivity index (χ4n) is 2.63. The number of anilines is 1. The van der Waals surface area contributed by atoms with Crippen molar-refractivity contribution in [2.75, 3.05) is 11.4 Å².